The Bertz CT molecular complexity index is 979. The van der Waals surface area contributed by atoms with E-state index in [4.69, 9.17) is 4.98 Å². The van der Waals surface area contributed by atoms with Gasteiger partial charge in [-0.25, -0.2) is 0 Å². The number of benzene rings is 2. The smallest absolute Gasteiger partial charge is 0.0736 e. The third kappa shape index (κ3) is 4.67. The van der Waals surface area contributed by atoms with Gasteiger partial charge in [-0.15, -0.1) is 0 Å². The van der Waals surface area contributed by atoms with Gasteiger partial charge < -0.3 is 0 Å². The quantitative estimate of drug-likeness (QED) is 0.403. The van der Waals surface area contributed by atoms with Crippen LogP contribution in [0.5, 0.6) is 0 Å². The SMILES string of the molecule is C=C(c1ccc(C(C)C)cc1)C(C)c1ccc(-c2ncccc2CCC)c(C)c1. The highest BCUT2D eigenvalue weighted by atomic mass is 14.7. The number of hydrogen-bond donors (Lipinski definition) is 0. The molecule has 1 heteroatoms. The van der Waals surface area contributed by atoms with Gasteiger partial charge in [-0.2, -0.15) is 0 Å². The molecule has 29 heavy (non-hydrogen) atoms. The lowest BCUT2D eigenvalue weighted by molar-refractivity contribution is 0.866. The highest BCUT2D eigenvalue weighted by molar-refractivity contribution is 5.72. The first-order valence-electron chi connectivity index (χ1n) is 10.8. The van der Waals surface area contributed by atoms with E-state index in [0.29, 0.717) is 5.92 Å². The number of aryl methyl sites for hydroxylation is 2. The molecule has 150 valence electrons. The van der Waals surface area contributed by atoms with Gasteiger partial charge in [0.25, 0.3) is 0 Å². The van der Waals surface area contributed by atoms with E-state index >= 15 is 0 Å². The Morgan fingerprint density at radius 2 is 1.66 bits per heavy atom. The molecule has 2 aromatic carbocycles. The number of hydrogen-bond acceptors (Lipinski definition) is 1. The molecule has 0 aliphatic rings. The van der Waals surface area contributed by atoms with Crippen LogP contribution in [-0.4, -0.2) is 4.98 Å². The highest BCUT2D eigenvalue weighted by Crippen LogP contribution is 2.34. The van der Waals surface area contributed by atoms with Crippen LogP contribution in [0, 0.1) is 6.92 Å². The Labute approximate surface area is 176 Å². The van der Waals surface area contributed by atoms with Crippen LogP contribution in [0.1, 0.15) is 73.8 Å². The van der Waals surface area contributed by atoms with Crippen molar-refractivity contribution in [1.29, 1.82) is 0 Å². The van der Waals surface area contributed by atoms with Gasteiger partial charge >= 0.3 is 0 Å². The van der Waals surface area contributed by atoms with Crippen molar-refractivity contribution >= 4 is 5.57 Å². The van der Waals surface area contributed by atoms with Crippen LogP contribution in [0.15, 0.2) is 67.4 Å². The molecule has 0 fully saturated rings. The van der Waals surface area contributed by atoms with Crippen molar-refractivity contribution in [3.63, 3.8) is 0 Å². The number of pyridine rings is 1. The van der Waals surface area contributed by atoms with E-state index in [1.165, 1.54) is 33.4 Å². The molecule has 0 bridgehead atoms. The van der Waals surface area contributed by atoms with Crippen molar-refractivity contribution in [1.82, 2.24) is 4.98 Å². The van der Waals surface area contributed by atoms with E-state index in [9.17, 15) is 0 Å². The molecule has 0 radical (unpaired) electrons. The summed E-state index contributed by atoms with van der Waals surface area (Å²) in [7, 11) is 0. The van der Waals surface area contributed by atoms with Crippen LogP contribution in [-0.2, 0) is 6.42 Å². The average molecular weight is 384 g/mol. The Morgan fingerprint density at radius 3 is 2.28 bits per heavy atom. The summed E-state index contributed by atoms with van der Waals surface area (Å²) in [5.41, 5.74) is 10.0. The molecule has 0 saturated heterocycles. The third-order valence-electron chi connectivity index (χ3n) is 5.89. The van der Waals surface area contributed by atoms with Crippen LogP contribution in [0.4, 0.5) is 0 Å². The minimum Gasteiger partial charge on any atom is -0.256 e. The molecular formula is C28H33N. The van der Waals surface area contributed by atoms with Crippen molar-refractivity contribution in [2.24, 2.45) is 0 Å². The molecule has 0 amide bonds. The number of nitrogens with zero attached hydrogens (tertiary/aromatic N) is 1. The van der Waals surface area contributed by atoms with E-state index in [1.54, 1.807) is 0 Å². The fraction of sp³-hybridized carbons (Fsp3) is 0.321. The van der Waals surface area contributed by atoms with Crippen molar-refractivity contribution in [3.8, 4) is 11.3 Å². The predicted molar refractivity (Wildman–Crippen MR) is 126 cm³/mol. The molecule has 0 aliphatic heterocycles. The molecule has 0 aliphatic carbocycles. The van der Waals surface area contributed by atoms with Crippen molar-refractivity contribution < 1.29 is 0 Å². The summed E-state index contributed by atoms with van der Waals surface area (Å²) in [6.07, 6.45) is 4.08. The number of rotatable bonds is 7. The van der Waals surface area contributed by atoms with Gasteiger partial charge in [-0.3, -0.25) is 4.98 Å². The van der Waals surface area contributed by atoms with E-state index in [1.807, 2.05) is 12.3 Å². The number of aromatic nitrogens is 1. The van der Waals surface area contributed by atoms with Crippen LogP contribution in [0.2, 0.25) is 0 Å². The molecule has 3 aromatic rings. The largest absolute Gasteiger partial charge is 0.256 e. The number of allylic oxidation sites excluding steroid dienone is 1. The predicted octanol–water partition coefficient (Wildman–Crippen LogP) is 7.95. The van der Waals surface area contributed by atoms with Crippen molar-refractivity contribution in [2.75, 3.05) is 0 Å². The Morgan fingerprint density at radius 1 is 0.966 bits per heavy atom. The second-order valence-electron chi connectivity index (χ2n) is 8.36. The fourth-order valence-corrected chi connectivity index (χ4v) is 3.91. The minimum absolute atomic E-state index is 0.270. The van der Waals surface area contributed by atoms with Gasteiger partial charge in [0.2, 0.25) is 0 Å². The van der Waals surface area contributed by atoms with Gasteiger partial charge in [-0.1, -0.05) is 89.2 Å². The van der Waals surface area contributed by atoms with Gasteiger partial charge in [0.05, 0.1) is 5.69 Å². The van der Waals surface area contributed by atoms with Gasteiger partial charge in [0, 0.05) is 17.7 Å². The van der Waals surface area contributed by atoms with Gasteiger partial charge in [-0.05, 0) is 58.7 Å². The summed E-state index contributed by atoms with van der Waals surface area (Å²) in [6.45, 7) is 15.5. The molecule has 1 unspecified atom stereocenters. The third-order valence-corrected chi connectivity index (χ3v) is 5.89. The minimum atomic E-state index is 0.270. The lowest BCUT2D eigenvalue weighted by atomic mass is 9.86. The lowest BCUT2D eigenvalue weighted by Gasteiger charge is -2.19. The summed E-state index contributed by atoms with van der Waals surface area (Å²) in [5.74, 6) is 0.820. The van der Waals surface area contributed by atoms with Crippen molar-refractivity contribution in [3.05, 3.63) is 95.2 Å². The molecular weight excluding hydrogens is 350 g/mol. The topological polar surface area (TPSA) is 12.9 Å². The maximum atomic E-state index is 4.69. The summed E-state index contributed by atoms with van der Waals surface area (Å²) in [6, 6.07) is 19.9. The Kier molecular flexibility index (Phi) is 6.69. The standard InChI is InChI=1S/C28H33N/c1-7-9-25-10-8-17-29-28(25)27-16-15-26(18-20(27)4)22(6)21(5)24-13-11-23(12-14-24)19(2)3/h8,10-19,22H,5,7,9H2,1-4,6H3. The molecule has 1 aromatic heterocycles. The molecule has 0 spiro atoms. The summed E-state index contributed by atoms with van der Waals surface area (Å²) in [4.78, 5) is 4.69. The molecule has 0 saturated carbocycles. The second-order valence-corrected chi connectivity index (χ2v) is 8.36. The first-order chi connectivity index (χ1) is 13.9. The lowest BCUT2D eigenvalue weighted by Crippen LogP contribution is -2.00. The van der Waals surface area contributed by atoms with E-state index < -0.39 is 0 Å². The average Bonchev–Trinajstić information content (AvgIpc) is 2.73. The van der Waals surface area contributed by atoms with Crippen LogP contribution < -0.4 is 0 Å². The van der Waals surface area contributed by atoms with E-state index in [-0.39, 0.29) is 5.92 Å². The van der Waals surface area contributed by atoms with E-state index in [2.05, 4.69) is 89.7 Å². The summed E-state index contributed by atoms with van der Waals surface area (Å²) >= 11 is 0. The molecule has 3 rings (SSSR count). The highest BCUT2D eigenvalue weighted by Gasteiger charge is 2.15. The van der Waals surface area contributed by atoms with Crippen LogP contribution >= 0.6 is 0 Å². The molecule has 1 atom stereocenters. The van der Waals surface area contributed by atoms with Crippen molar-refractivity contribution in [2.45, 2.75) is 59.3 Å². The first kappa shape index (κ1) is 21.0. The second kappa shape index (κ2) is 9.22. The molecule has 0 N–H and O–H groups in total. The maximum absolute atomic E-state index is 4.69. The van der Waals surface area contributed by atoms with E-state index in [0.717, 1.165) is 24.1 Å². The maximum Gasteiger partial charge on any atom is 0.0736 e. The molecule has 1 heterocycles. The first-order valence-corrected chi connectivity index (χ1v) is 10.8. The fourth-order valence-electron chi connectivity index (χ4n) is 3.91. The zero-order chi connectivity index (χ0) is 21.0. The van der Waals surface area contributed by atoms with Crippen LogP contribution in [0.25, 0.3) is 16.8 Å². The Hall–Kier alpha value is -2.67. The normalized spacial score (nSPS) is 12.2. The summed E-state index contributed by atoms with van der Waals surface area (Å²) in [5, 5.41) is 0. The van der Waals surface area contributed by atoms with Crippen LogP contribution in [0.3, 0.4) is 0 Å². The zero-order valence-electron chi connectivity index (χ0n) is 18.5. The van der Waals surface area contributed by atoms with Gasteiger partial charge in [0.15, 0.2) is 0 Å². The summed E-state index contributed by atoms with van der Waals surface area (Å²) < 4.78 is 0. The zero-order valence-corrected chi connectivity index (χ0v) is 18.5. The van der Waals surface area contributed by atoms with Gasteiger partial charge in [0.1, 0.15) is 0 Å². The molecule has 1 nitrogen and oxygen atoms in total. The Balaban J connectivity index is 1.87. The monoisotopic (exact) mass is 383 g/mol.